The Morgan fingerprint density at radius 1 is 1.28 bits per heavy atom. The molecule has 2 aromatic heterocycles. The standard InChI is InChI=1S/C11H13N5O2/c1-3-5-15(6-4-2)16-7-12-8-9(16)13-11(18)14-10(8)17/h3-4,7H,1-2,5-6H2,(H2,13,14,17,18). The van der Waals surface area contributed by atoms with E-state index in [0.717, 1.165) is 0 Å². The molecule has 0 aliphatic rings. The Labute approximate surface area is 102 Å². The first-order chi connectivity index (χ1) is 8.67. The van der Waals surface area contributed by atoms with Crippen LogP contribution < -0.4 is 16.3 Å². The summed E-state index contributed by atoms with van der Waals surface area (Å²) in [5.41, 5.74) is -0.531. The van der Waals surface area contributed by atoms with Gasteiger partial charge in [0.1, 0.15) is 6.33 Å². The highest BCUT2D eigenvalue weighted by Crippen LogP contribution is 2.04. The molecule has 2 rings (SSSR count). The number of nitrogens with zero attached hydrogens (tertiary/aromatic N) is 3. The van der Waals surface area contributed by atoms with Crippen LogP contribution in [0.3, 0.4) is 0 Å². The quantitative estimate of drug-likeness (QED) is 0.712. The lowest BCUT2D eigenvalue weighted by molar-refractivity contribution is 0.670. The van der Waals surface area contributed by atoms with Crippen LogP contribution in [0.25, 0.3) is 11.2 Å². The van der Waals surface area contributed by atoms with Crippen LogP contribution in [0.1, 0.15) is 0 Å². The van der Waals surface area contributed by atoms with Crippen molar-refractivity contribution in [1.29, 1.82) is 0 Å². The van der Waals surface area contributed by atoms with Crippen molar-refractivity contribution in [1.82, 2.24) is 19.6 Å². The van der Waals surface area contributed by atoms with E-state index in [2.05, 4.69) is 28.1 Å². The molecule has 7 heteroatoms. The molecule has 7 nitrogen and oxygen atoms in total. The van der Waals surface area contributed by atoms with Gasteiger partial charge in [0.05, 0.1) is 13.1 Å². The minimum Gasteiger partial charge on any atom is -0.302 e. The van der Waals surface area contributed by atoms with Gasteiger partial charge in [-0.2, -0.15) is 0 Å². The van der Waals surface area contributed by atoms with Crippen LogP contribution in [0.15, 0.2) is 41.2 Å². The number of fused-ring (bicyclic) bond motifs is 1. The van der Waals surface area contributed by atoms with E-state index in [1.54, 1.807) is 16.8 Å². The van der Waals surface area contributed by atoms with Crippen molar-refractivity contribution in [2.75, 3.05) is 18.1 Å². The van der Waals surface area contributed by atoms with Gasteiger partial charge in [-0.3, -0.25) is 14.8 Å². The second kappa shape index (κ2) is 4.74. The third kappa shape index (κ3) is 1.97. The second-order valence-corrected chi connectivity index (χ2v) is 3.64. The lowest BCUT2D eigenvalue weighted by atomic mass is 10.5. The van der Waals surface area contributed by atoms with E-state index < -0.39 is 11.2 Å². The molecule has 2 N–H and O–H groups in total. The molecule has 0 bridgehead atoms. The Bertz CT molecular complexity index is 683. The van der Waals surface area contributed by atoms with E-state index in [1.165, 1.54) is 6.33 Å². The largest absolute Gasteiger partial charge is 0.327 e. The Morgan fingerprint density at radius 2 is 1.94 bits per heavy atom. The van der Waals surface area contributed by atoms with Gasteiger partial charge >= 0.3 is 5.69 Å². The summed E-state index contributed by atoms with van der Waals surface area (Å²) in [5, 5.41) is 1.82. The van der Waals surface area contributed by atoms with Crippen LogP contribution in [-0.4, -0.2) is 32.7 Å². The summed E-state index contributed by atoms with van der Waals surface area (Å²) in [7, 11) is 0. The van der Waals surface area contributed by atoms with Gasteiger partial charge < -0.3 is 5.01 Å². The molecule has 0 saturated carbocycles. The molecule has 0 spiro atoms. The van der Waals surface area contributed by atoms with Gasteiger partial charge in [-0.15, -0.1) is 13.2 Å². The Hall–Kier alpha value is -2.57. The van der Waals surface area contributed by atoms with Gasteiger partial charge in [0.2, 0.25) is 0 Å². The number of imidazole rings is 1. The summed E-state index contributed by atoms with van der Waals surface area (Å²) in [5.74, 6) is 0. The number of H-pyrrole nitrogens is 2. The van der Waals surface area contributed by atoms with E-state index in [4.69, 9.17) is 0 Å². The van der Waals surface area contributed by atoms with E-state index >= 15 is 0 Å². The molecule has 0 aromatic carbocycles. The topological polar surface area (TPSA) is 86.8 Å². The molecule has 0 saturated heterocycles. The minimum absolute atomic E-state index is 0.188. The highest BCUT2D eigenvalue weighted by atomic mass is 16.2. The number of hydrogen-bond donors (Lipinski definition) is 2. The summed E-state index contributed by atoms with van der Waals surface area (Å²) in [4.78, 5) is 31.5. The molecular weight excluding hydrogens is 234 g/mol. The number of rotatable bonds is 5. The summed E-state index contributed by atoms with van der Waals surface area (Å²) < 4.78 is 1.61. The second-order valence-electron chi connectivity index (χ2n) is 3.64. The van der Waals surface area contributed by atoms with Crippen molar-refractivity contribution in [2.45, 2.75) is 0 Å². The molecule has 2 heterocycles. The Balaban J connectivity index is 2.63. The molecule has 18 heavy (non-hydrogen) atoms. The monoisotopic (exact) mass is 247 g/mol. The maximum absolute atomic E-state index is 11.5. The first kappa shape index (κ1) is 11.9. The first-order valence-electron chi connectivity index (χ1n) is 5.34. The fourth-order valence-corrected chi connectivity index (χ4v) is 1.69. The van der Waals surface area contributed by atoms with Gasteiger partial charge in [-0.05, 0) is 0 Å². The molecule has 0 fully saturated rings. The number of aromatic amines is 2. The molecule has 0 radical (unpaired) electrons. The fourth-order valence-electron chi connectivity index (χ4n) is 1.69. The molecule has 94 valence electrons. The predicted octanol–water partition coefficient (Wildman–Crippen LogP) is -0.277. The van der Waals surface area contributed by atoms with Gasteiger partial charge in [0, 0.05) is 0 Å². The highest BCUT2D eigenvalue weighted by molar-refractivity contribution is 5.69. The van der Waals surface area contributed by atoms with E-state index in [1.807, 2.05) is 5.01 Å². The number of aromatic nitrogens is 4. The minimum atomic E-state index is -0.564. The van der Waals surface area contributed by atoms with Crippen LogP contribution in [0, 0.1) is 0 Å². The first-order valence-corrected chi connectivity index (χ1v) is 5.34. The maximum Gasteiger partial charge on any atom is 0.327 e. The van der Waals surface area contributed by atoms with Crippen molar-refractivity contribution >= 4 is 11.2 Å². The van der Waals surface area contributed by atoms with Gasteiger partial charge in [-0.1, -0.05) is 12.2 Å². The zero-order chi connectivity index (χ0) is 13.1. The lowest BCUT2D eigenvalue weighted by Crippen LogP contribution is -2.35. The molecular formula is C11H13N5O2. The van der Waals surface area contributed by atoms with Gasteiger partial charge in [0.25, 0.3) is 5.56 Å². The number of hydrogen-bond acceptors (Lipinski definition) is 4. The van der Waals surface area contributed by atoms with Crippen molar-refractivity contribution in [3.8, 4) is 0 Å². The van der Waals surface area contributed by atoms with Crippen LogP contribution >= 0.6 is 0 Å². The zero-order valence-electron chi connectivity index (χ0n) is 9.72. The van der Waals surface area contributed by atoms with Crippen molar-refractivity contribution < 1.29 is 0 Å². The van der Waals surface area contributed by atoms with Gasteiger partial charge in [0.15, 0.2) is 11.2 Å². The van der Waals surface area contributed by atoms with Crippen molar-refractivity contribution in [3.05, 3.63) is 52.5 Å². The molecule has 0 aliphatic heterocycles. The van der Waals surface area contributed by atoms with Crippen molar-refractivity contribution in [2.24, 2.45) is 0 Å². The average molecular weight is 247 g/mol. The molecule has 0 atom stereocenters. The summed E-state index contributed by atoms with van der Waals surface area (Å²) in [6.45, 7) is 8.38. The summed E-state index contributed by atoms with van der Waals surface area (Å²) >= 11 is 0. The summed E-state index contributed by atoms with van der Waals surface area (Å²) in [6, 6.07) is 0. The van der Waals surface area contributed by atoms with Crippen LogP contribution in [-0.2, 0) is 0 Å². The van der Waals surface area contributed by atoms with Crippen LogP contribution in [0.4, 0.5) is 0 Å². The highest BCUT2D eigenvalue weighted by Gasteiger charge is 2.11. The van der Waals surface area contributed by atoms with E-state index in [0.29, 0.717) is 18.7 Å². The summed E-state index contributed by atoms with van der Waals surface area (Å²) in [6.07, 6.45) is 4.89. The van der Waals surface area contributed by atoms with E-state index in [9.17, 15) is 9.59 Å². The Kier molecular flexibility index (Phi) is 3.13. The normalized spacial score (nSPS) is 10.4. The van der Waals surface area contributed by atoms with Crippen molar-refractivity contribution in [3.63, 3.8) is 0 Å². The average Bonchev–Trinajstić information content (AvgIpc) is 2.72. The van der Waals surface area contributed by atoms with E-state index in [-0.39, 0.29) is 5.52 Å². The van der Waals surface area contributed by atoms with Crippen LogP contribution in [0.2, 0.25) is 0 Å². The predicted molar refractivity (Wildman–Crippen MR) is 69.3 cm³/mol. The molecule has 0 aliphatic carbocycles. The lowest BCUT2D eigenvalue weighted by Gasteiger charge is -2.22. The SMILES string of the molecule is C=CCN(CC=C)n1cnc2c(=O)[nH]c(=O)[nH]c21. The Morgan fingerprint density at radius 3 is 2.56 bits per heavy atom. The zero-order valence-corrected chi connectivity index (χ0v) is 9.72. The third-order valence-electron chi connectivity index (χ3n) is 2.41. The molecule has 0 amide bonds. The number of nitrogens with one attached hydrogen (secondary N) is 2. The molecule has 2 aromatic rings. The van der Waals surface area contributed by atoms with Gasteiger partial charge in [-0.25, -0.2) is 14.5 Å². The maximum atomic E-state index is 11.5. The fraction of sp³-hybridized carbons (Fsp3) is 0.182. The van der Waals surface area contributed by atoms with Crippen LogP contribution in [0.5, 0.6) is 0 Å². The third-order valence-corrected chi connectivity index (χ3v) is 2.41. The smallest absolute Gasteiger partial charge is 0.302 e. The molecule has 0 unspecified atom stereocenters.